The van der Waals surface area contributed by atoms with Crippen LogP contribution in [0.5, 0.6) is 0 Å². The van der Waals surface area contributed by atoms with Gasteiger partial charge < -0.3 is 0 Å². The number of nitro benzene ring substituents is 2. The second-order valence-corrected chi connectivity index (χ2v) is 10.5. The molecule has 0 heterocycles. The lowest BCUT2D eigenvalue weighted by Crippen LogP contribution is -2.12. The van der Waals surface area contributed by atoms with Crippen LogP contribution in [-0.4, -0.2) is 21.4 Å². The summed E-state index contributed by atoms with van der Waals surface area (Å²) in [7, 11) is 0. The molecule has 8 nitrogen and oxygen atoms in total. The van der Waals surface area contributed by atoms with Gasteiger partial charge in [-0.15, -0.1) is 0 Å². The lowest BCUT2D eigenvalue weighted by Gasteiger charge is -2.23. The van der Waals surface area contributed by atoms with Gasteiger partial charge in [-0.05, 0) is 68.9 Å². The first-order valence-electron chi connectivity index (χ1n) is 13.1. The largest absolute Gasteiger partial charge is 0.289 e. The summed E-state index contributed by atoms with van der Waals surface area (Å²) in [6.45, 7) is 0. The molecule has 0 radical (unpaired) electrons. The Labute approximate surface area is 236 Å². The monoisotopic (exact) mass is 548 g/mol. The molecule has 8 rings (SSSR count). The summed E-state index contributed by atoms with van der Waals surface area (Å²) in [6, 6.07) is 27.5. The summed E-state index contributed by atoms with van der Waals surface area (Å²) in [5.41, 5.74) is 4.80. The number of nitro groups is 2. The van der Waals surface area contributed by atoms with Gasteiger partial charge in [0.2, 0.25) is 0 Å². The van der Waals surface area contributed by atoms with Gasteiger partial charge in [0.15, 0.2) is 11.6 Å². The smallest absolute Gasteiger partial charge is 0.277 e. The SMILES string of the molecule is O=C1c2ccccc2-c2cc(-c3cc4c5c(cc([N+](=O)[O-])cc5c3)C(=O)c3cccc([N+](=O)[O-])c3-4)cc3cccc1c23. The van der Waals surface area contributed by atoms with E-state index in [0.29, 0.717) is 33.0 Å². The topological polar surface area (TPSA) is 120 Å². The van der Waals surface area contributed by atoms with Crippen molar-refractivity contribution in [1.82, 2.24) is 0 Å². The Balaban J connectivity index is 1.49. The van der Waals surface area contributed by atoms with E-state index in [1.165, 1.54) is 30.3 Å². The predicted molar refractivity (Wildman–Crippen MR) is 158 cm³/mol. The number of fused-ring (bicyclic) bond motifs is 4. The second kappa shape index (κ2) is 8.25. The molecule has 42 heavy (non-hydrogen) atoms. The van der Waals surface area contributed by atoms with Gasteiger partial charge in [-0.2, -0.15) is 0 Å². The van der Waals surface area contributed by atoms with Gasteiger partial charge in [0.1, 0.15) is 0 Å². The Morgan fingerprint density at radius 2 is 1.10 bits per heavy atom. The number of benzene rings is 6. The zero-order valence-electron chi connectivity index (χ0n) is 21.6. The van der Waals surface area contributed by atoms with Crippen LogP contribution >= 0.6 is 0 Å². The van der Waals surface area contributed by atoms with E-state index >= 15 is 0 Å². The van der Waals surface area contributed by atoms with Crippen LogP contribution in [0.25, 0.3) is 54.9 Å². The molecular weight excluding hydrogens is 532 g/mol. The Morgan fingerprint density at radius 1 is 0.476 bits per heavy atom. The summed E-state index contributed by atoms with van der Waals surface area (Å²) in [4.78, 5) is 49.7. The predicted octanol–water partition coefficient (Wildman–Crippen LogP) is 7.90. The van der Waals surface area contributed by atoms with Gasteiger partial charge in [0.25, 0.3) is 11.4 Å². The van der Waals surface area contributed by atoms with Crippen LogP contribution in [0.1, 0.15) is 31.8 Å². The molecular formula is C34H16N2O6. The maximum Gasteiger partial charge on any atom is 0.277 e. The molecule has 0 fully saturated rings. The summed E-state index contributed by atoms with van der Waals surface area (Å²) >= 11 is 0. The maximum absolute atomic E-state index is 13.5. The number of ketones is 2. The van der Waals surface area contributed by atoms with Crippen molar-refractivity contribution in [2.75, 3.05) is 0 Å². The fourth-order valence-corrected chi connectivity index (χ4v) is 6.52. The summed E-state index contributed by atoms with van der Waals surface area (Å²) in [5.74, 6) is -0.536. The fourth-order valence-electron chi connectivity index (χ4n) is 6.52. The third-order valence-corrected chi connectivity index (χ3v) is 8.26. The van der Waals surface area contributed by atoms with Crippen molar-refractivity contribution in [3.8, 4) is 33.4 Å². The average molecular weight is 549 g/mol. The molecule has 0 atom stereocenters. The first-order chi connectivity index (χ1) is 20.3. The highest BCUT2D eigenvalue weighted by atomic mass is 16.6. The maximum atomic E-state index is 13.5. The molecule has 2 aliphatic carbocycles. The van der Waals surface area contributed by atoms with E-state index in [4.69, 9.17) is 0 Å². The number of carbonyl (C=O) groups is 2. The van der Waals surface area contributed by atoms with Crippen molar-refractivity contribution in [3.05, 3.63) is 140 Å². The van der Waals surface area contributed by atoms with Crippen LogP contribution in [0, 0.1) is 20.2 Å². The molecule has 6 aromatic carbocycles. The number of carbonyl (C=O) groups excluding carboxylic acids is 2. The van der Waals surface area contributed by atoms with Crippen LogP contribution in [0.15, 0.2) is 97.1 Å². The highest BCUT2D eigenvalue weighted by molar-refractivity contribution is 6.28. The highest BCUT2D eigenvalue weighted by Gasteiger charge is 2.33. The molecule has 0 N–H and O–H groups in total. The number of non-ortho nitro benzene ring substituents is 1. The van der Waals surface area contributed by atoms with Crippen molar-refractivity contribution in [2.24, 2.45) is 0 Å². The molecule has 8 heteroatoms. The Hall–Kier alpha value is -6.02. The van der Waals surface area contributed by atoms with Crippen LogP contribution in [0.4, 0.5) is 11.4 Å². The third-order valence-electron chi connectivity index (χ3n) is 8.26. The molecule has 0 aliphatic heterocycles. The minimum absolute atomic E-state index is 0.0417. The van der Waals surface area contributed by atoms with Gasteiger partial charge in [-0.1, -0.05) is 48.5 Å². The van der Waals surface area contributed by atoms with E-state index in [-0.39, 0.29) is 33.8 Å². The van der Waals surface area contributed by atoms with E-state index in [1.54, 1.807) is 12.1 Å². The number of hydrogen-bond donors (Lipinski definition) is 0. The van der Waals surface area contributed by atoms with Gasteiger partial charge in [0.05, 0.1) is 15.4 Å². The van der Waals surface area contributed by atoms with E-state index in [9.17, 15) is 29.8 Å². The van der Waals surface area contributed by atoms with Crippen LogP contribution in [-0.2, 0) is 0 Å². The van der Waals surface area contributed by atoms with Gasteiger partial charge in [-0.3, -0.25) is 29.8 Å². The number of hydrogen-bond acceptors (Lipinski definition) is 6. The van der Waals surface area contributed by atoms with E-state index in [2.05, 4.69) is 0 Å². The van der Waals surface area contributed by atoms with Gasteiger partial charge in [-0.25, -0.2) is 0 Å². The Kier molecular flexibility index (Phi) is 4.68. The molecule has 6 aromatic rings. The molecule has 0 saturated heterocycles. The quantitative estimate of drug-likeness (QED) is 0.163. The van der Waals surface area contributed by atoms with Crippen LogP contribution in [0.2, 0.25) is 0 Å². The lowest BCUT2D eigenvalue weighted by atomic mass is 9.79. The molecule has 0 saturated carbocycles. The van der Waals surface area contributed by atoms with E-state index < -0.39 is 15.6 Å². The highest BCUT2D eigenvalue weighted by Crippen LogP contribution is 2.48. The van der Waals surface area contributed by atoms with Gasteiger partial charge in [0, 0.05) is 51.2 Å². The number of rotatable bonds is 3. The summed E-state index contributed by atoms with van der Waals surface area (Å²) < 4.78 is 0. The Morgan fingerprint density at radius 3 is 1.86 bits per heavy atom. The zero-order valence-corrected chi connectivity index (χ0v) is 21.6. The molecule has 0 unspecified atom stereocenters. The third kappa shape index (κ3) is 3.11. The molecule has 0 spiro atoms. The molecule has 0 bridgehead atoms. The van der Waals surface area contributed by atoms with Crippen molar-refractivity contribution in [2.45, 2.75) is 0 Å². The second-order valence-electron chi connectivity index (χ2n) is 10.5. The fraction of sp³-hybridized carbons (Fsp3) is 0. The number of nitrogens with zero attached hydrogens (tertiary/aromatic N) is 2. The van der Waals surface area contributed by atoms with Crippen molar-refractivity contribution < 1.29 is 19.4 Å². The van der Waals surface area contributed by atoms with E-state index in [1.807, 2.05) is 54.6 Å². The zero-order chi connectivity index (χ0) is 28.9. The average Bonchev–Trinajstić information content (AvgIpc) is 3.01. The molecule has 0 amide bonds. The summed E-state index contributed by atoms with van der Waals surface area (Å²) in [6.07, 6.45) is 0. The standard InChI is InChI=1S/C34H16N2O6/c37-33-23-7-2-1-6-22(23)26-14-18(11-17-5-3-8-24(33)30(17)26)19-12-20-13-21(35(39)40)16-28-31(20)27(15-19)32-25(34(28)38)9-4-10-29(32)36(41)42/h1-16H. The minimum Gasteiger partial charge on any atom is -0.289 e. The van der Waals surface area contributed by atoms with Crippen LogP contribution in [0.3, 0.4) is 0 Å². The van der Waals surface area contributed by atoms with Crippen molar-refractivity contribution >= 4 is 44.5 Å². The molecule has 0 aromatic heterocycles. The van der Waals surface area contributed by atoms with E-state index in [0.717, 1.165) is 27.5 Å². The minimum atomic E-state index is -0.547. The summed E-state index contributed by atoms with van der Waals surface area (Å²) in [5, 5.41) is 26.5. The Bertz CT molecular complexity index is 2300. The van der Waals surface area contributed by atoms with Crippen LogP contribution < -0.4 is 0 Å². The molecule has 2 aliphatic rings. The lowest BCUT2D eigenvalue weighted by molar-refractivity contribution is -0.384. The van der Waals surface area contributed by atoms with Crippen molar-refractivity contribution in [1.29, 1.82) is 0 Å². The molecule has 198 valence electrons. The van der Waals surface area contributed by atoms with Gasteiger partial charge >= 0.3 is 0 Å². The first kappa shape index (κ1) is 23.8. The normalized spacial score (nSPS) is 12.8. The first-order valence-corrected chi connectivity index (χ1v) is 13.1. The van der Waals surface area contributed by atoms with Crippen molar-refractivity contribution in [3.63, 3.8) is 0 Å².